The molecule has 5 nitrogen and oxygen atoms in total. The zero-order chi connectivity index (χ0) is 18.4. The third-order valence-corrected chi connectivity index (χ3v) is 4.35. The van der Waals surface area contributed by atoms with Gasteiger partial charge in [0, 0.05) is 11.0 Å². The first-order valence-corrected chi connectivity index (χ1v) is 8.79. The molecule has 2 N–H and O–H groups in total. The van der Waals surface area contributed by atoms with Gasteiger partial charge in [-0.05, 0) is 17.2 Å². The molecule has 1 aromatic heterocycles. The fraction of sp³-hybridized carbons (Fsp3) is 0.0500. The third-order valence-electron chi connectivity index (χ3n) is 3.54. The Bertz CT molecular complexity index is 934. The Morgan fingerprint density at radius 3 is 2.35 bits per heavy atom. The number of thiazole rings is 1. The molecule has 0 saturated heterocycles. The van der Waals surface area contributed by atoms with Crippen molar-refractivity contribution < 1.29 is 14.7 Å². The van der Waals surface area contributed by atoms with Crippen LogP contribution in [0.1, 0.15) is 16.8 Å². The maximum Gasteiger partial charge on any atom is 0.309 e. The van der Waals surface area contributed by atoms with E-state index in [1.807, 2.05) is 66.7 Å². The fourth-order valence-corrected chi connectivity index (χ4v) is 3.08. The molecule has 0 saturated carbocycles. The number of anilines is 1. The Morgan fingerprint density at radius 2 is 1.69 bits per heavy atom. The molecular weight excluding hydrogens is 348 g/mol. The largest absolute Gasteiger partial charge is 0.481 e. The molecule has 0 aliphatic heterocycles. The van der Waals surface area contributed by atoms with E-state index in [9.17, 15) is 9.59 Å². The smallest absolute Gasteiger partial charge is 0.309 e. The molecule has 0 fully saturated rings. The molecule has 6 heteroatoms. The first kappa shape index (κ1) is 17.6. The summed E-state index contributed by atoms with van der Waals surface area (Å²) in [5, 5.41) is 13.6. The monoisotopic (exact) mass is 364 g/mol. The van der Waals surface area contributed by atoms with Crippen LogP contribution < -0.4 is 5.32 Å². The van der Waals surface area contributed by atoms with E-state index >= 15 is 0 Å². The van der Waals surface area contributed by atoms with Gasteiger partial charge in [-0.2, -0.15) is 0 Å². The molecule has 0 unspecified atom stereocenters. The summed E-state index contributed by atoms with van der Waals surface area (Å²) in [6.07, 6.45) is 1.65. The highest BCUT2D eigenvalue weighted by atomic mass is 32.1. The number of carboxylic acids is 1. The van der Waals surface area contributed by atoms with E-state index in [4.69, 9.17) is 5.11 Å². The summed E-state index contributed by atoms with van der Waals surface area (Å²) in [5.74, 6) is -1.25. The number of carbonyl (C=O) groups is 2. The van der Waals surface area contributed by atoms with Crippen LogP contribution in [0, 0.1) is 0 Å². The summed E-state index contributed by atoms with van der Waals surface area (Å²) in [5.41, 5.74) is 2.63. The minimum absolute atomic E-state index is 0.169. The molecule has 0 spiro atoms. The molecule has 26 heavy (non-hydrogen) atoms. The average Bonchev–Trinajstić information content (AvgIpc) is 3.07. The normalized spacial score (nSPS) is 11.2. The van der Waals surface area contributed by atoms with Gasteiger partial charge in [0.15, 0.2) is 5.13 Å². The van der Waals surface area contributed by atoms with Crippen LogP contribution in [0.25, 0.3) is 11.6 Å². The Kier molecular flexibility index (Phi) is 5.56. The molecular formula is C20H16N2O3S. The van der Waals surface area contributed by atoms with E-state index in [1.54, 1.807) is 5.38 Å². The van der Waals surface area contributed by atoms with Crippen LogP contribution in [0.4, 0.5) is 5.13 Å². The van der Waals surface area contributed by atoms with E-state index < -0.39 is 5.97 Å². The summed E-state index contributed by atoms with van der Waals surface area (Å²) in [6, 6.07) is 18.9. The van der Waals surface area contributed by atoms with Crippen LogP contribution in [-0.2, 0) is 16.0 Å². The topological polar surface area (TPSA) is 79.3 Å². The number of benzene rings is 2. The van der Waals surface area contributed by atoms with Crippen LogP contribution >= 0.6 is 11.3 Å². The molecule has 2 aromatic carbocycles. The van der Waals surface area contributed by atoms with Gasteiger partial charge in [0.25, 0.3) is 5.91 Å². The molecule has 130 valence electrons. The molecule has 0 radical (unpaired) electrons. The minimum Gasteiger partial charge on any atom is -0.481 e. The van der Waals surface area contributed by atoms with Crippen molar-refractivity contribution in [3.05, 3.63) is 82.9 Å². The molecule has 0 aliphatic rings. The van der Waals surface area contributed by atoms with E-state index in [0.29, 0.717) is 16.4 Å². The lowest BCUT2D eigenvalue weighted by atomic mass is 10.0. The van der Waals surface area contributed by atoms with Crippen LogP contribution in [0.15, 0.2) is 66.0 Å². The highest BCUT2D eigenvalue weighted by molar-refractivity contribution is 7.14. The quantitative estimate of drug-likeness (QED) is 0.513. The van der Waals surface area contributed by atoms with Crippen molar-refractivity contribution in [3.63, 3.8) is 0 Å². The zero-order valence-electron chi connectivity index (χ0n) is 13.8. The maximum absolute atomic E-state index is 12.8. The van der Waals surface area contributed by atoms with Gasteiger partial charge in [-0.15, -0.1) is 11.3 Å². The SMILES string of the molecule is O=C(O)Cc1csc(NC(=O)/C(=C/c2ccccc2)c2ccccc2)n1. The predicted octanol–water partition coefficient (Wildman–Crippen LogP) is 3.95. The van der Waals surface area contributed by atoms with Gasteiger partial charge < -0.3 is 5.11 Å². The predicted molar refractivity (Wildman–Crippen MR) is 103 cm³/mol. The Labute approximate surface area is 154 Å². The highest BCUT2D eigenvalue weighted by Crippen LogP contribution is 2.22. The van der Waals surface area contributed by atoms with Gasteiger partial charge in [-0.1, -0.05) is 60.7 Å². The lowest BCUT2D eigenvalue weighted by Gasteiger charge is -2.08. The molecule has 3 rings (SSSR count). The van der Waals surface area contributed by atoms with E-state index in [2.05, 4.69) is 10.3 Å². The summed E-state index contributed by atoms with van der Waals surface area (Å²) in [6.45, 7) is 0. The van der Waals surface area contributed by atoms with Crippen LogP contribution in [-0.4, -0.2) is 22.0 Å². The lowest BCUT2D eigenvalue weighted by Crippen LogP contribution is -2.13. The molecule has 3 aromatic rings. The minimum atomic E-state index is -0.956. The Morgan fingerprint density at radius 1 is 1.04 bits per heavy atom. The van der Waals surface area contributed by atoms with Crippen molar-refractivity contribution in [2.45, 2.75) is 6.42 Å². The number of nitrogens with one attached hydrogen (secondary N) is 1. The summed E-state index contributed by atoms with van der Waals surface area (Å²) < 4.78 is 0. The lowest BCUT2D eigenvalue weighted by molar-refractivity contribution is -0.136. The number of aliphatic carboxylic acids is 1. The van der Waals surface area contributed by atoms with Crippen molar-refractivity contribution >= 4 is 40.0 Å². The van der Waals surface area contributed by atoms with Crippen LogP contribution in [0.3, 0.4) is 0 Å². The first-order chi connectivity index (χ1) is 12.6. The standard InChI is InChI=1S/C20H16N2O3S/c23-18(24)12-16-13-26-20(21-16)22-19(25)17(15-9-5-2-6-10-15)11-14-7-3-1-4-8-14/h1-11,13H,12H2,(H,23,24)(H,21,22,25)/b17-11+. The van der Waals surface area contributed by atoms with Gasteiger partial charge in [0.2, 0.25) is 0 Å². The van der Waals surface area contributed by atoms with E-state index in [-0.39, 0.29) is 12.3 Å². The number of hydrogen-bond acceptors (Lipinski definition) is 4. The van der Waals surface area contributed by atoms with Crippen molar-refractivity contribution in [2.24, 2.45) is 0 Å². The van der Waals surface area contributed by atoms with Crippen molar-refractivity contribution in [3.8, 4) is 0 Å². The molecule has 0 atom stereocenters. The average molecular weight is 364 g/mol. The number of nitrogens with zero attached hydrogens (tertiary/aromatic N) is 1. The van der Waals surface area contributed by atoms with E-state index in [1.165, 1.54) is 11.3 Å². The third kappa shape index (κ3) is 4.64. The zero-order valence-corrected chi connectivity index (χ0v) is 14.6. The number of carbonyl (C=O) groups excluding carboxylic acids is 1. The van der Waals surface area contributed by atoms with Gasteiger partial charge >= 0.3 is 5.97 Å². The van der Waals surface area contributed by atoms with Gasteiger partial charge in [0.05, 0.1) is 12.1 Å². The van der Waals surface area contributed by atoms with E-state index in [0.717, 1.165) is 11.1 Å². The summed E-state index contributed by atoms with van der Waals surface area (Å²) >= 11 is 1.21. The Balaban J connectivity index is 1.87. The number of aromatic nitrogens is 1. The highest BCUT2D eigenvalue weighted by Gasteiger charge is 2.15. The number of amides is 1. The van der Waals surface area contributed by atoms with Gasteiger partial charge in [0.1, 0.15) is 0 Å². The van der Waals surface area contributed by atoms with Gasteiger partial charge in [-0.25, -0.2) is 4.98 Å². The number of hydrogen-bond donors (Lipinski definition) is 2. The Hall–Kier alpha value is -3.25. The number of carboxylic acid groups (broad SMARTS) is 1. The number of rotatable bonds is 6. The van der Waals surface area contributed by atoms with Crippen molar-refractivity contribution in [2.75, 3.05) is 5.32 Å². The second kappa shape index (κ2) is 8.22. The molecule has 0 bridgehead atoms. The summed E-state index contributed by atoms with van der Waals surface area (Å²) in [7, 11) is 0. The molecule has 1 amide bonds. The van der Waals surface area contributed by atoms with Crippen molar-refractivity contribution in [1.82, 2.24) is 4.98 Å². The summed E-state index contributed by atoms with van der Waals surface area (Å²) in [4.78, 5) is 27.7. The molecule has 1 heterocycles. The van der Waals surface area contributed by atoms with Crippen molar-refractivity contribution in [1.29, 1.82) is 0 Å². The van der Waals surface area contributed by atoms with Gasteiger partial charge in [-0.3, -0.25) is 14.9 Å². The first-order valence-electron chi connectivity index (χ1n) is 7.91. The second-order valence-electron chi connectivity index (χ2n) is 5.50. The maximum atomic E-state index is 12.8. The molecule has 0 aliphatic carbocycles. The van der Waals surface area contributed by atoms with Crippen LogP contribution in [0.2, 0.25) is 0 Å². The van der Waals surface area contributed by atoms with Crippen LogP contribution in [0.5, 0.6) is 0 Å². The fourth-order valence-electron chi connectivity index (χ4n) is 2.38. The second-order valence-corrected chi connectivity index (χ2v) is 6.36.